The van der Waals surface area contributed by atoms with Gasteiger partial charge in [0.2, 0.25) is 5.91 Å². The van der Waals surface area contributed by atoms with Crippen molar-refractivity contribution in [3.8, 4) is 11.5 Å². The van der Waals surface area contributed by atoms with Crippen LogP contribution in [0.1, 0.15) is 34.8 Å². The molecule has 0 aromatic heterocycles. The van der Waals surface area contributed by atoms with Crippen molar-refractivity contribution >= 4 is 11.9 Å². The van der Waals surface area contributed by atoms with E-state index in [1.54, 1.807) is 19.2 Å². The van der Waals surface area contributed by atoms with Crippen LogP contribution in [0.5, 0.6) is 11.5 Å². The zero-order valence-corrected chi connectivity index (χ0v) is 15.7. The van der Waals surface area contributed by atoms with Gasteiger partial charge in [0.05, 0.1) is 25.7 Å². The Bertz CT molecular complexity index is 771. The van der Waals surface area contributed by atoms with E-state index in [1.165, 1.54) is 12.1 Å². The quantitative estimate of drug-likeness (QED) is 0.627. The predicted octanol–water partition coefficient (Wildman–Crippen LogP) is 3.08. The third-order valence-electron chi connectivity index (χ3n) is 4.06. The van der Waals surface area contributed by atoms with E-state index in [0.29, 0.717) is 18.9 Å². The summed E-state index contributed by atoms with van der Waals surface area (Å²) in [7, 11) is 1.61. The number of hydrogen-bond donors (Lipinski definition) is 2. The number of amides is 1. The highest BCUT2D eigenvalue weighted by Gasteiger charge is 2.07. The number of carboxylic acid groups (broad SMARTS) is 1. The number of rotatable bonds is 10. The lowest BCUT2D eigenvalue weighted by Crippen LogP contribution is -2.26. The number of benzene rings is 2. The van der Waals surface area contributed by atoms with Gasteiger partial charge in [-0.1, -0.05) is 18.2 Å². The Kier molecular flexibility index (Phi) is 7.67. The first-order valence-electron chi connectivity index (χ1n) is 8.92. The summed E-state index contributed by atoms with van der Waals surface area (Å²) in [6.07, 6.45) is 1.86. The summed E-state index contributed by atoms with van der Waals surface area (Å²) in [6, 6.07) is 12.2. The van der Waals surface area contributed by atoms with E-state index < -0.39 is 5.97 Å². The molecule has 27 heavy (non-hydrogen) atoms. The van der Waals surface area contributed by atoms with Gasteiger partial charge in [0, 0.05) is 6.54 Å². The lowest BCUT2D eigenvalue weighted by molar-refractivity contribution is -0.120. The molecular formula is C21H25NO5. The number of aryl methyl sites for hydroxylation is 1. The average molecular weight is 371 g/mol. The van der Waals surface area contributed by atoms with Crippen LogP contribution < -0.4 is 14.8 Å². The minimum atomic E-state index is -0.975. The molecule has 0 unspecified atom stereocenters. The number of carbonyl (C=O) groups is 2. The van der Waals surface area contributed by atoms with Gasteiger partial charge in [-0.25, -0.2) is 4.79 Å². The molecule has 0 spiro atoms. The lowest BCUT2D eigenvalue weighted by atomic mass is 10.1. The number of methoxy groups -OCH3 is 1. The summed E-state index contributed by atoms with van der Waals surface area (Å²) in [6.45, 7) is 3.07. The molecule has 0 radical (unpaired) electrons. The Balaban J connectivity index is 1.76. The van der Waals surface area contributed by atoms with Crippen LogP contribution in [0.3, 0.4) is 0 Å². The number of ether oxygens (including phenoxy) is 2. The van der Waals surface area contributed by atoms with Crippen molar-refractivity contribution < 1.29 is 24.2 Å². The summed E-state index contributed by atoms with van der Waals surface area (Å²) < 4.78 is 10.8. The fraction of sp³-hybridized carbons (Fsp3) is 0.333. The molecule has 0 saturated heterocycles. The molecule has 0 saturated carbocycles. The molecule has 0 aliphatic heterocycles. The Hall–Kier alpha value is -3.02. The van der Waals surface area contributed by atoms with Gasteiger partial charge >= 0.3 is 5.97 Å². The van der Waals surface area contributed by atoms with E-state index in [-0.39, 0.29) is 17.9 Å². The average Bonchev–Trinajstić information content (AvgIpc) is 2.66. The predicted molar refractivity (Wildman–Crippen MR) is 103 cm³/mol. The van der Waals surface area contributed by atoms with Crippen LogP contribution in [0.2, 0.25) is 0 Å². The molecule has 6 heteroatoms. The maximum atomic E-state index is 12.0. The van der Waals surface area contributed by atoms with Crippen LogP contribution in [-0.4, -0.2) is 37.2 Å². The molecule has 6 nitrogen and oxygen atoms in total. The largest absolute Gasteiger partial charge is 0.493 e. The van der Waals surface area contributed by atoms with Crippen LogP contribution >= 0.6 is 0 Å². The van der Waals surface area contributed by atoms with Crippen LogP contribution in [0, 0.1) is 0 Å². The first kappa shape index (κ1) is 20.3. The van der Waals surface area contributed by atoms with Crippen LogP contribution in [0.15, 0.2) is 42.5 Å². The molecule has 1 amide bonds. The molecule has 2 rings (SSSR count). The first-order chi connectivity index (χ1) is 13.0. The van der Waals surface area contributed by atoms with Crippen molar-refractivity contribution in [2.45, 2.75) is 26.2 Å². The Morgan fingerprint density at radius 2 is 1.74 bits per heavy atom. The van der Waals surface area contributed by atoms with Crippen LogP contribution in [-0.2, 0) is 17.6 Å². The highest BCUT2D eigenvalue weighted by molar-refractivity contribution is 5.87. The fourth-order valence-electron chi connectivity index (χ4n) is 2.68. The normalized spacial score (nSPS) is 10.3. The van der Waals surface area contributed by atoms with Gasteiger partial charge in [-0.2, -0.15) is 0 Å². The molecule has 144 valence electrons. The summed E-state index contributed by atoms with van der Waals surface area (Å²) in [5, 5.41) is 11.8. The van der Waals surface area contributed by atoms with E-state index >= 15 is 0 Å². The zero-order chi connectivity index (χ0) is 19.6. The summed E-state index contributed by atoms with van der Waals surface area (Å²) in [5.74, 6) is 0.383. The van der Waals surface area contributed by atoms with Crippen LogP contribution in [0.25, 0.3) is 0 Å². The van der Waals surface area contributed by atoms with Crippen molar-refractivity contribution in [1.82, 2.24) is 5.32 Å². The van der Waals surface area contributed by atoms with Crippen molar-refractivity contribution in [1.29, 1.82) is 0 Å². The SMILES string of the molecule is CCOc1cc(CCCNC(=O)Cc2ccc(C(=O)O)cc2)ccc1OC. The Morgan fingerprint density at radius 1 is 1.04 bits per heavy atom. The van der Waals surface area contributed by atoms with E-state index in [9.17, 15) is 9.59 Å². The minimum absolute atomic E-state index is 0.0807. The number of carbonyl (C=O) groups excluding carboxylic acids is 1. The van der Waals surface area contributed by atoms with Crippen molar-refractivity contribution in [3.63, 3.8) is 0 Å². The standard InChI is InChI=1S/C21H25NO5/c1-3-27-19-13-15(8-11-18(19)26-2)5-4-12-22-20(23)14-16-6-9-17(10-7-16)21(24)25/h6-11,13H,3-5,12,14H2,1-2H3,(H,22,23)(H,24,25). The van der Waals surface area contributed by atoms with Crippen molar-refractivity contribution in [3.05, 3.63) is 59.2 Å². The third kappa shape index (κ3) is 6.33. The molecule has 0 aliphatic carbocycles. The monoisotopic (exact) mass is 371 g/mol. The van der Waals surface area contributed by atoms with E-state index in [0.717, 1.165) is 29.7 Å². The van der Waals surface area contributed by atoms with Gasteiger partial charge in [0.25, 0.3) is 0 Å². The topological polar surface area (TPSA) is 84.9 Å². The van der Waals surface area contributed by atoms with Gasteiger partial charge in [-0.05, 0) is 55.2 Å². The Morgan fingerprint density at radius 3 is 2.37 bits per heavy atom. The summed E-state index contributed by atoms with van der Waals surface area (Å²) in [5.41, 5.74) is 2.12. The smallest absolute Gasteiger partial charge is 0.335 e. The summed E-state index contributed by atoms with van der Waals surface area (Å²) in [4.78, 5) is 22.8. The molecule has 0 atom stereocenters. The van der Waals surface area contributed by atoms with Crippen molar-refractivity contribution in [2.24, 2.45) is 0 Å². The van der Waals surface area contributed by atoms with Gasteiger partial charge in [0.15, 0.2) is 11.5 Å². The summed E-state index contributed by atoms with van der Waals surface area (Å²) >= 11 is 0. The zero-order valence-electron chi connectivity index (χ0n) is 15.7. The second-order valence-corrected chi connectivity index (χ2v) is 6.05. The van der Waals surface area contributed by atoms with Gasteiger partial charge < -0.3 is 19.9 Å². The molecule has 0 aliphatic rings. The molecule has 0 fully saturated rings. The molecule has 2 aromatic carbocycles. The maximum absolute atomic E-state index is 12.0. The highest BCUT2D eigenvalue weighted by atomic mass is 16.5. The van der Waals surface area contributed by atoms with Crippen molar-refractivity contribution in [2.75, 3.05) is 20.3 Å². The maximum Gasteiger partial charge on any atom is 0.335 e. The number of nitrogens with one attached hydrogen (secondary N) is 1. The van der Waals surface area contributed by atoms with E-state index in [4.69, 9.17) is 14.6 Å². The minimum Gasteiger partial charge on any atom is -0.493 e. The fourth-order valence-corrected chi connectivity index (χ4v) is 2.68. The number of aromatic carboxylic acids is 1. The molecule has 2 N–H and O–H groups in total. The van der Waals surface area contributed by atoms with Crippen LogP contribution in [0.4, 0.5) is 0 Å². The van der Waals surface area contributed by atoms with Gasteiger partial charge in [0.1, 0.15) is 0 Å². The number of hydrogen-bond acceptors (Lipinski definition) is 4. The molecule has 2 aromatic rings. The van der Waals surface area contributed by atoms with Gasteiger partial charge in [-0.3, -0.25) is 4.79 Å². The van der Waals surface area contributed by atoms with E-state index in [1.807, 2.05) is 25.1 Å². The third-order valence-corrected chi connectivity index (χ3v) is 4.06. The number of carboxylic acids is 1. The molecule has 0 bridgehead atoms. The second-order valence-electron chi connectivity index (χ2n) is 6.05. The Labute approximate surface area is 159 Å². The molecule has 0 heterocycles. The van der Waals surface area contributed by atoms with Gasteiger partial charge in [-0.15, -0.1) is 0 Å². The first-order valence-corrected chi connectivity index (χ1v) is 8.92. The second kappa shape index (κ2) is 10.2. The lowest BCUT2D eigenvalue weighted by Gasteiger charge is -2.11. The highest BCUT2D eigenvalue weighted by Crippen LogP contribution is 2.28. The van der Waals surface area contributed by atoms with E-state index in [2.05, 4.69) is 5.32 Å². The molecular weight excluding hydrogens is 346 g/mol.